The second kappa shape index (κ2) is 12.6. The molecule has 1 N–H and O–H groups in total. The summed E-state index contributed by atoms with van der Waals surface area (Å²) in [5.74, 6) is 1.56. The average molecular weight is 479 g/mol. The fraction of sp³-hybridized carbons (Fsp3) is 0.481. The minimum absolute atomic E-state index is 0.0752. The van der Waals surface area contributed by atoms with Crippen LogP contribution in [0.2, 0.25) is 0 Å². The maximum atomic E-state index is 12.9. The summed E-state index contributed by atoms with van der Waals surface area (Å²) in [6, 6.07) is 17.9. The number of likely N-dealkylation sites (N-methyl/N-ethyl adjacent to an activating group) is 1. The number of likely N-dealkylation sites (tertiary alicyclic amines) is 1. The maximum Gasteiger partial charge on any atom is 0.350 e. The molecule has 188 valence electrons. The number of aromatic nitrogens is 3. The van der Waals surface area contributed by atoms with Gasteiger partial charge in [-0.05, 0) is 88.8 Å². The van der Waals surface area contributed by atoms with Crippen molar-refractivity contribution in [1.29, 1.82) is 0 Å². The molecule has 0 spiro atoms. The zero-order chi connectivity index (χ0) is 24.5. The molecule has 3 aromatic rings. The van der Waals surface area contributed by atoms with Gasteiger partial charge in [-0.2, -0.15) is 5.10 Å². The molecule has 8 heteroatoms. The smallest absolute Gasteiger partial charge is 0.350 e. The Kier molecular flexibility index (Phi) is 8.97. The van der Waals surface area contributed by atoms with Crippen molar-refractivity contribution in [1.82, 2.24) is 24.1 Å². The number of ether oxygens (including phenoxy) is 1. The molecule has 1 aromatic heterocycles. The molecule has 35 heavy (non-hydrogen) atoms. The molecule has 0 atom stereocenters. The molecule has 0 aliphatic carbocycles. The van der Waals surface area contributed by atoms with E-state index in [1.165, 1.54) is 0 Å². The van der Waals surface area contributed by atoms with E-state index in [0.717, 1.165) is 69.1 Å². The van der Waals surface area contributed by atoms with Crippen LogP contribution in [0.5, 0.6) is 5.75 Å². The maximum absolute atomic E-state index is 12.9. The molecule has 1 aliphatic heterocycles. The normalized spacial score (nSPS) is 14.9. The molecular formula is C27H38N6O2. The summed E-state index contributed by atoms with van der Waals surface area (Å²) in [5.41, 5.74) is 1.81. The van der Waals surface area contributed by atoms with E-state index >= 15 is 0 Å². The van der Waals surface area contributed by atoms with Gasteiger partial charge in [-0.15, -0.1) is 0 Å². The zero-order valence-electron chi connectivity index (χ0n) is 21.0. The Bertz CT molecular complexity index is 1070. The van der Waals surface area contributed by atoms with E-state index in [4.69, 9.17) is 4.74 Å². The van der Waals surface area contributed by atoms with Gasteiger partial charge in [-0.1, -0.05) is 18.2 Å². The molecule has 1 fully saturated rings. The van der Waals surface area contributed by atoms with E-state index in [1.807, 2.05) is 54.6 Å². The van der Waals surface area contributed by atoms with Crippen LogP contribution in [0.3, 0.4) is 0 Å². The quantitative estimate of drug-likeness (QED) is 0.431. The van der Waals surface area contributed by atoms with Gasteiger partial charge >= 0.3 is 5.69 Å². The number of rotatable bonds is 12. The average Bonchev–Trinajstić information content (AvgIpc) is 3.24. The summed E-state index contributed by atoms with van der Waals surface area (Å²) in [4.78, 5) is 17.5. The van der Waals surface area contributed by atoms with E-state index < -0.39 is 0 Å². The van der Waals surface area contributed by atoms with Crippen molar-refractivity contribution >= 4 is 5.69 Å². The molecular weight excluding hydrogens is 440 g/mol. The summed E-state index contributed by atoms with van der Waals surface area (Å²) in [7, 11) is 4.11. The van der Waals surface area contributed by atoms with Gasteiger partial charge in [0.15, 0.2) is 0 Å². The first kappa shape index (κ1) is 25.0. The van der Waals surface area contributed by atoms with Crippen LogP contribution < -0.4 is 15.7 Å². The molecule has 0 unspecified atom stereocenters. The lowest BCUT2D eigenvalue weighted by molar-refractivity contribution is 0.149. The van der Waals surface area contributed by atoms with Crippen LogP contribution in [0.4, 0.5) is 5.69 Å². The number of para-hydroxylation sites is 1. The number of anilines is 1. The van der Waals surface area contributed by atoms with E-state index in [-0.39, 0.29) is 5.69 Å². The number of benzene rings is 2. The lowest BCUT2D eigenvalue weighted by Gasteiger charge is -2.31. The van der Waals surface area contributed by atoms with Crippen LogP contribution in [0.1, 0.15) is 19.3 Å². The molecule has 4 rings (SSSR count). The lowest BCUT2D eigenvalue weighted by atomic mass is 9.93. The Hall–Kier alpha value is -3.10. The first-order valence-electron chi connectivity index (χ1n) is 12.6. The molecule has 0 radical (unpaired) electrons. The van der Waals surface area contributed by atoms with Crippen LogP contribution >= 0.6 is 0 Å². The summed E-state index contributed by atoms with van der Waals surface area (Å²) < 4.78 is 9.05. The Balaban J connectivity index is 1.19. The summed E-state index contributed by atoms with van der Waals surface area (Å²) >= 11 is 0. The van der Waals surface area contributed by atoms with Crippen molar-refractivity contribution in [3.05, 3.63) is 71.4 Å². The standard InChI is InChI=1S/C27H38N6O2/c1-30(2)19-15-28-24-8-10-25(11-9-24)32-22-29-33(27(32)34)18-14-23-12-16-31(17-13-23)20-21-35-26-6-4-3-5-7-26/h3-11,22-23,28H,12-21H2,1-2H3. The van der Waals surface area contributed by atoms with Gasteiger partial charge in [-0.3, -0.25) is 4.90 Å². The Labute approximate surface area is 208 Å². The molecule has 2 aromatic carbocycles. The molecule has 2 heterocycles. The summed E-state index contributed by atoms with van der Waals surface area (Å²) in [6.07, 6.45) is 4.93. The van der Waals surface area contributed by atoms with E-state index in [9.17, 15) is 4.79 Å². The molecule has 8 nitrogen and oxygen atoms in total. The van der Waals surface area contributed by atoms with Crippen LogP contribution in [-0.4, -0.2) is 77.6 Å². The third-order valence-corrected chi connectivity index (χ3v) is 6.64. The fourth-order valence-electron chi connectivity index (χ4n) is 4.44. The molecule has 0 saturated carbocycles. The Morgan fingerprint density at radius 2 is 1.77 bits per heavy atom. The van der Waals surface area contributed by atoms with Crippen LogP contribution in [0, 0.1) is 5.92 Å². The molecule has 1 aliphatic rings. The first-order valence-corrected chi connectivity index (χ1v) is 12.6. The van der Waals surface area contributed by atoms with E-state index in [2.05, 4.69) is 34.3 Å². The number of nitrogens with one attached hydrogen (secondary N) is 1. The van der Waals surface area contributed by atoms with Gasteiger partial charge in [0.1, 0.15) is 18.7 Å². The van der Waals surface area contributed by atoms with Crippen LogP contribution in [0.15, 0.2) is 65.7 Å². The Morgan fingerprint density at radius 1 is 1.03 bits per heavy atom. The van der Waals surface area contributed by atoms with Crippen LogP contribution in [0.25, 0.3) is 5.69 Å². The second-order valence-electron chi connectivity index (χ2n) is 9.52. The van der Waals surface area contributed by atoms with E-state index in [0.29, 0.717) is 19.1 Å². The third kappa shape index (κ3) is 7.44. The van der Waals surface area contributed by atoms with Gasteiger partial charge in [0, 0.05) is 31.9 Å². The van der Waals surface area contributed by atoms with Gasteiger partial charge in [0.25, 0.3) is 0 Å². The highest BCUT2D eigenvalue weighted by Crippen LogP contribution is 2.21. The molecule has 1 saturated heterocycles. The minimum atomic E-state index is -0.0752. The van der Waals surface area contributed by atoms with Crippen molar-refractivity contribution in [2.24, 2.45) is 5.92 Å². The van der Waals surface area contributed by atoms with Crippen molar-refractivity contribution in [3.63, 3.8) is 0 Å². The van der Waals surface area contributed by atoms with Crippen LogP contribution in [-0.2, 0) is 6.54 Å². The van der Waals surface area contributed by atoms with Crippen molar-refractivity contribution in [2.75, 3.05) is 58.7 Å². The zero-order valence-corrected chi connectivity index (χ0v) is 21.0. The Morgan fingerprint density at radius 3 is 2.49 bits per heavy atom. The SMILES string of the molecule is CN(C)CCNc1ccc(-n2cnn(CCC3CCN(CCOc4ccccc4)CC3)c2=O)cc1. The minimum Gasteiger partial charge on any atom is -0.492 e. The predicted octanol–water partition coefficient (Wildman–Crippen LogP) is 3.19. The van der Waals surface area contributed by atoms with Gasteiger partial charge in [-0.25, -0.2) is 14.0 Å². The highest BCUT2D eigenvalue weighted by Gasteiger charge is 2.19. The topological polar surface area (TPSA) is 67.6 Å². The van der Waals surface area contributed by atoms with Gasteiger partial charge < -0.3 is 15.0 Å². The third-order valence-electron chi connectivity index (χ3n) is 6.64. The van der Waals surface area contributed by atoms with Crippen molar-refractivity contribution in [3.8, 4) is 11.4 Å². The summed E-state index contributed by atoms with van der Waals surface area (Å²) in [5, 5.41) is 7.76. The van der Waals surface area contributed by atoms with Gasteiger partial charge in [0.2, 0.25) is 0 Å². The number of hydrogen-bond donors (Lipinski definition) is 1. The molecule has 0 bridgehead atoms. The number of hydrogen-bond acceptors (Lipinski definition) is 6. The number of nitrogens with zero attached hydrogens (tertiary/aromatic N) is 5. The largest absolute Gasteiger partial charge is 0.492 e. The lowest BCUT2D eigenvalue weighted by Crippen LogP contribution is -2.37. The highest BCUT2D eigenvalue weighted by molar-refractivity contribution is 5.48. The number of piperidine rings is 1. The van der Waals surface area contributed by atoms with Crippen molar-refractivity contribution < 1.29 is 4.74 Å². The van der Waals surface area contributed by atoms with E-state index in [1.54, 1.807) is 15.6 Å². The monoisotopic (exact) mass is 478 g/mol. The highest BCUT2D eigenvalue weighted by atomic mass is 16.5. The fourth-order valence-corrected chi connectivity index (χ4v) is 4.44. The second-order valence-corrected chi connectivity index (χ2v) is 9.52. The summed E-state index contributed by atoms with van der Waals surface area (Å²) in [6.45, 7) is 6.35. The predicted molar refractivity (Wildman–Crippen MR) is 141 cm³/mol. The first-order chi connectivity index (χ1) is 17.1. The van der Waals surface area contributed by atoms with Gasteiger partial charge in [0.05, 0.1) is 5.69 Å². The van der Waals surface area contributed by atoms with Crippen molar-refractivity contribution in [2.45, 2.75) is 25.8 Å². The molecule has 0 amide bonds. The number of aryl methyl sites for hydroxylation is 1.